The van der Waals surface area contributed by atoms with Gasteiger partial charge in [0.15, 0.2) is 0 Å². The Kier molecular flexibility index (Phi) is 8.40. The van der Waals surface area contributed by atoms with Crippen LogP contribution in [0.5, 0.6) is 0 Å². The Bertz CT molecular complexity index is 747. The fourth-order valence-corrected chi connectivity index (χ4v) is 3.09. The van der Waals surface area contributed by atoms with E-state index in [1.165, 1.54) is 0 Å². The summed E-state index contributed by atoms with van der Waals surface area (Å²) in [7, 11) is 0. The van der Waals surface area contributed by atoms with Crippen molar-refractivity contribution in [2.75, 3.05) is 6.54 Å². The lowest BCUT2D eigenvalue weighted by Gasteiger charge is -2.22. The summed E-state index contributed by atoms with van der Waals surface area (Å²) in [5.74, 6) is -0.727. The Morgan fingerprint density at radius 2 is 2.07 bits per heavy atom. The molecule has 1 aliphatic rings. The smallest absolute Gasteiger partial charge is 0.408 e. The molecule has 2 heterocycles. The molecule has 3 N–H and O–H groups in total. The molecule has 9 heteroatoms. The molecule has 0 aromatic carbocycles. The van der Waals surface area contributed by atoms with Gasteiger partial charge in [-0.15, -0.1) is 0 Å². The monoisotopic (exact) mass is 401 g/mol. The van der Waals surface area contributed by atoms with Crippen LogP contribution in [-0.2, 0) is 20.9 Å². The summed E-state index contributed by atoms with van der Waals surface area (Å²) in [4.78, 5) is 40.4. The van der Waals surface area contributed by atoms with Gasteiger partial charge in [-0.2, -0.15) is 5.26 Å². The van der Waals surface area contributed by atoms with Gasteiger partial charge >= 0.3 is 6.09 Å². The first-order valence-electron chi connectivity index (χ1n) is 9.69. The number of nitrogens with zero attached hydrogens (tertiary/aromatic N) is 2. The molecule has 0 unspecified atom stereocenters. The van der Waals surface area contributed by atoms with Gasteiger partial charge in [0, 0.05) is 24.9 Å². The number of amides is 3. The van der Waals surface area contributed by atoms with Crippen molar-refractivity contribution in [3.63, 3.8) is 0 Å². The van der Waals surface area contributed by atoms with E-state index in [4.69, 9.17) is 4.74 Å². The van der Waals surface area contributed by atoms with Crippen LogP contribution in [0.3, 0.4) is 0 Å². The minimum atomic E-state index is -0.840. The number of rotatable bonds is 9. The van der Waals surface area contributed by atoms with Crippen LogP contribution < -0.4 is 16.0 Å². The minimum Gasteiger partial charge on any atom is -0.445 e. The highest BCUT2D eigenvalue weighted by atomic mass is 16.5. The molecule has 0 spiro atoms. The summed E-state index contributed by atoms with van der Waals surface area (Å²) in [5, 5.41) is 17.3. The zero-order chi connectivity index (χ0) is 21.2. The maximum absolute atomic E-state index is 12.7. The molecule has 29 heavy (non-hydrogen) atoms. The molecule has 0 bridgehead atoms. The van der Waals surface area contributed by atoms with Crippen LogP contribution in [0.15, 0.2) is 24.5 Å². The maximum atomic E-state index is 12.7. The summed E-state index contributed by atoms with van der Waals surface area (Å²) >= 11 is 0. The van der Waals surface area contributed by atoms with Crippen LogP contribution in [0.4, 0.5) is 4.79 Å². The highest BCUT2D eigenvalue weighted by Gasteiger charge is 2.30. The number of pyridine rings is 1. The molecule has 1 aromatic heterocycles. The fourth-order valence-electron chi connectivity index (χ4n) is 3.09. The largest absolute Gasteiger partial charge is 0.445 e. The second-order valence-electron chi connectivity index (χ2n) is 7.46. The number of nitriles is 1. The maximum Gasteiger partial charge on any atom is 0.408 e. The Balaban J connectivity index is 1.91. The third-order valence-corrected chi connectivity index (χ3v) is 4.59. The van der Waals surface area contributed by atoms with Crippen molar-refractivity contribution in [3.8, 4) is 6.07 Å². The minimum absolute atomic E-state index is 0.0575. The number of hydrogen-bond donors (Lipinski definition) is 3. The van der Waals surface area contributed by atoms with Crippen molar-refractivity contribution in [2.24, 2.45) is 11.8 Å². The lowest BCUT2D eigenvalue weighted by Crippen LogP contribution is -2.50. The second kappa shape index (κ2) is 11.0. The summed E-state index contributed by atoms with van der Waals surface area (Å²) in [6.45, 7) is 4.49. The molecule has 0 radical (unpaired) electrons. The molecule has 1 saturated heterocycles. The van der Waals surface area contributed by atoms with Crippen molar-refractivity contribution in [1.29, 1.82) is 5.26 Å². The summed E-state index contributed by atoms with van der Waals surface area (Å²) in [6.07, 6.45) is 3.75. The normalized spacial score (nSPS) is 17.7. The Morgan fingerprint density at radius 1 is 1.34 bits per heavy atom. The number of carbonyl (C=O) groups is 3. The first-order valence-corrected chi connectivity index (χ1v) is 9.69. The molecule has 156 valence electrons. The van der Waals surface area contributed by atoms with Gasteiger partial charge < -0.3 is 20.7 Å². The van der Waals surface area contributed by atoms with Gasteiger partial charge in [0.05, 0.1) is 6.07 Å². The molecule has 0 aliphatic carbocycles. The van der Waals surface area contributed by atoms with E-state index in [2.05, 4.69) is 20.9 Å². The summed E-state index contributed by atoms with van der Waals surface area (Å²) < 4.78 is 5.17. The zero-order valence-corrected chi connectivity index (χ0v) is 16.7. The number of alkyl carbamates (subject to hydrolysis) is 1. The quantitative estimate of drug-likeness (QED) is 0.570. The summed E-state index contributed by atoms with van der Waals surface area (Å²) in [5.41, 5.74) is 0.777. The lowest BCUT2D eigenvalue weighted by molar-refractivity contribution is -0.125. The van der Waals surface area contributed by atoms with E-state index in [1.54, 1.807) is 24.5 Å². The van der Waals surface area contributed by atoms with E-state index < -0.39 is 24.1 Å². The van der Waals surface area contributed by atoms with Crippen molar-refractivity contribution in [2.45, 2.75) is 51.8 Å². The Hall–Kier alpha value is -3.15. The highest BCUT2D eigenvalue weighted by Crippen LogP contribution is 2.16. The SMILES string of the molecule is CC(C)C[C@H](NC(=O)OCc1ccncc1)C(=O)N[C@H](C#N)C[C@@H]1CCNC1=O. The molecule has 1 aliphatic heterocycles. The molecular formula is C20H27N5O4. The first-order chi connectivity index (χ1) is 13.9. The number of ether oxygens (including phenoxy) is 1. The van der Waals surface area contributed by atoms with Gasteiger partial charge in [0.1, 0.15) is 18.7 Å². The van der Waals surface area contributed by atoms with E-state index in [0.717, 1.165) is 5.56 Å². The summed E-state index contributed by atoms with van der Waals surface area (Å²) in [6, 6.07) is 3.83. The van der Waals surface area contributed by atoms with Crippen LogP contribution in [0, 0.1) is 23.2 Å². The van der Waals surface area contributed by atoms with Gasteiger partial charge in [-0.25, -0.2) is 4.79 Å². The molecule has 2 rings (SSSR count). The predicted octanol–water partition coefficient (Wildman–Crippen LogP) is 1.26. The highest BCUT2D eigenvalue weighted by molar-refractivity contribution is 5.86. The van der Waals surface area contributed by atoms with Gasteiger partial charge in [0.2, 0.25) is 11.8 Å². The molecule has 9 nitrogen and oxygen atoms in total. The van der Waals surface area contributed by atoms with Gasteiger partial charge in [-0.1, -0.05) is 13.8 Å². The molecule has 3 atom stereocenters. The van der Waals surface area contributed by atoms with E-state index in [1.807, 2.05) is 19.9 Å². The van der Waals surface area contributed by atoms with Crippen molar-refractivity contribution >= 4 is 17.9 Å². The van der Waals surface area contributed by atoms with Crippen LogP contribution in [-0.4, -0.2) is 41.5 Å². The van der Waals surface area contributed by atoms with Crippen molar-refractivity contribution in [1.82, 2.24) is 20.9 Å². The predicted molar refractivity (Wildman–Crippen MR) is 104 cm³/mol. The first kappa shape index (κ1) is 22.1. The standard InChI is InChI=1S/C20H27N5O4/c1-13(2)9-17(25-20(28)29-12-14-3-6-22-7-4-14)19(27)24-16(11-21)10-15-5-8-23-18(15)26/h3-4,6-7,13,15-17H,5,8-10,12H2,1-2H3,(H,23,26)(H,24,27)(H,25,28)/t15-,16-,17-/m0/s1. The number of nitrogens with one attached hydrogen (secondary N) is 3. The third-order valence-electron chi connectivity index (χ3n) is 4.59. The average Bonchev–Trinajstić information content (AvgIpc) is 3.10. The van der Waals surface area contributed by atoms with Gasteiger partial charge in [-0.3, -0.25) is 14.6 Å². The van der Waals surface area contributed by atoms with Crippen molar-refractivity contribution < 1.29 is 19.1 Å². The van der Waals surface area contributed by atoms with Gasteiger partial charge in [0.25, 0.3) is 0 Å². The van der Waals surface area contributed by atoms with Crippen LogP contribution in [0.1, 0.15) is 38.7 Å². The Labute approximate surface area is 170 Å². The topological polar surface area (TPSA) is 133 Å². The number of aromatic nitrogens is 1. The molecule has 1 aromatic rings. The average molecular weight is 401 g/mol. The lowest BCUT2D eigenvalue weighted by atomic mass is 9.98. The molecular weight excluding hydrogens is 374 g/mol. The van der Waals surface area contributed by atoms with Crippen molar-refractivity contribution in [3.05, 3.63) is 30.1 Å². The van der Waals surface area contributed by atoms with E-state index in [-0.39, 0.29) is 30.8 Å². The molecule has 3 amide bonds. The van der Waals surface area contributed by atoms with E-state index >= 15 is 0 Å². The Morgan fingerprint density at radius 3 is 2.66 bits per heavy atom. The zero-order valence-electron chi connectivity index (χ0n) is 16.7. The van der Waals surface area contributed by atoms with Crippen LogP contribution in [0.25, 0.3) is 0 Å². The molecule has 0 saturated carbocycles. The van der Waals surface area contributed by atoms with Gasteiger partial charge in [-0.05, 0) is 42.9 Å². The van der Waals surface area contributed by atoms with Crippen LogP contribution >= 0.6 is 0 Å². The third kappa shape index (κ3) is 7.41. The second-order valence-corrected chi connectivity index (χ2v) is 7.46. The van der Waals surface area contributed by atoms with E-state index in [0.29, 0.717) is 19.4 Å². The number of carbonyl (C=O) groups excluding carboxylic acids is 3. The fraction of sp³-hybridized carbons (Fsp3) is 0.550. The van der Waals surface area contributed by atoms with Crippen LogP contribution in [0.2, 0.25) is 0 Å². The number of hydrogen-bond acceptors (Lipinski definition) is 6. The molecule has 1 fully saturated rings. The van der Waals surface area contributed by atoms with E-state index in [9.17, 15) is 19.6 Å².